The van der Waals surface area contributed by atoms with Crippen molar-refractivity contribution in [2.75, 3.05) is 26.9 Å². The Hall–Kier alpha value is -1.82. The van der Waals surface area contributed by atoms with Gasteiger partial charge < -0.3 is 19.1 Å². The zero-order valence-electron chi connectivity index (χ0n) is 16.1. The van der Waals surface area contributed by atoms with Crippen molar-refractivity contribution in [3.05, 3.63) is 41.1 Å². The van der Waals surface area contributed by atoms with Crippen molar-refractivity contribution in [1.82, 2.24) is 9.47 Å². The second-order valence-corrected chi connectivity index (χ2v) is 8.62. The molecule has 27 heavy (non-hydrogen) atoms. The number of aliphatic hydroxyl groups excluding tert-OH is 1. The SMILES string of the molecule is C/C=C1/CN2[C@H]3[C@@H]4OC[C@@]3(CO)[C@H]1C[C@H]2c1c4c2cccc(OC)c2n1C. The molecule has 1 N–H and O–H groups in total. The molecule has 0 spiro atoms. The van der Waals surface area contributed by atoms with Crippen LogP contribution in [0.5, 0.6) is 5.75 Å². The number of methoxy groups -OCH3 is 1. The van der Waals surface area contributed by atoms with Crippen molar-refractivity contribution < 1.29 is 14.6 Å². The third-order valence-corrected chi connectivity index (χ3v) is 7.88. The lowest BCUT2D eigenvalue weighted by molar-refractivity contribution is -0.102. The van der Waals surface area contributed by atoms with Crippen molar-refractivity contribution in [1.29, 1.82) is 0 Å². The van der Waals surface area contributed by atoms with Crippen molar-refractivity contribution in [3.8, 4) is 5.75 Å². The monoisotopic (exact) mass is 366 g/mol. The summed E-state index contributed by atoms with van der Waals surface area (Å²) in [6.07, 6.45) is 3.36. The molecule has 4 bridgehead atoms. The maximum atomic E-state index is 10.5. The highest BCUT2D eigenvalue weighted by Gasteiger charge is 2.67. The lowest BCUT2D eigenvalue weighted by atomic mass is 9.56. The van der Waals surface area contributed by atoms with Crippen LogP contribution in [0.3, 0.4) is 0 Å². The number of aliphatic hydroxyl groups is 1. The first-order valence-corrected chi connectivity index (χ1v) is 9.94. The van der Waals surface area contributed by atoms with Crippen molar-refractivity contribution in [2.24, 2.45) is 18.4 Å². The number of allylic oxidation sites excluding steroid dienone is 1. The quantitative estimate of drug-likeness (QED) is 0.830. The smallest absolute Gasteiger partial charge is 0.143 e. The molecule has 6 heterocycles. The van der Waals surface area contributed by atoms with Crippen molar-refractivity contribution >= 4 is 10.9 Å². The molecule has 142 valence electrons. The first-order chi connectivity index (χ1) is 13.2. The second-order valence-electron chi connectivity index (χ2n) is 8.62. The molecule has 0 radical (unpaired) electrons. The van der Waals surface area contributed by atoms with E-state index in [2.05, 4.69) is 41.6 Å². The molecule has 2 aromatic rings. The summed E-state index contributed by atoms with van der Waals surface area (Å²) < 4.78 is 14.5. The fraction of sp³-hybridized carbons (Fsp3) is 0.545. The van der Waals surface area contributed by atoms with E-state index in [-0.39, 0.29) is 24.2 Å². The lowest BCUT2D eigenvalue weighted by Crippen LogP contribution is -2.66. The number of nitrogens with zero attached hydrogens (tertiary/aromatic N) is 2. The fourth-order valence-electron chi connectivity index (χ4n) is 6.81. The summed E-state index contributed by atoms with van der Waals surface area (Å²) in [5, 5.41) is 11.7. The van der Waals surface area contributed by atoms with Gasteiger partial charge in [0.05, 0.1) is 37.9 Å². The van der Waals surface area contributed by atoms with E-state index < -0.39 is 0 Å². The highest BCUT2D eigenvalue weighted by Crippen LogP contribution is 2.66. The Kier molecular flexibility index (Phi) is 3.09. The first kappa shape index (κ1) is 16.2. The normalized spacial score (nSPS) is 40.0. The molecule has 5 nitrogen and oxygen atoms in total. The third-order valence-electron chi connectivity index (χ3n) is 7.88. The van der Waals surface area contributed by atoms with Gasteiger partial charge in [0, 0.05) is 35.7 Å². The van der Waals surface area contributed by atoms with E-state index in [1.807, 2.05) is 6.07 Å². The van der Waals surface area contributed by atoms with Gasteiger partial charge in [0.15, 0.2) is 0 Å². The molecule has 0 aliphatic carbocycles. The van der Waals surface area contributed by atoms with E-state index in [9.17, 15) is 5.11 Å². The summed E-state index contributed by atoms with van der Waals surface area (Å²) in [5.74, 6) is 1.32. The Morgan fingerprint density at radius 2 is 2.26 bits per heavy atom. The molecular formula is C22H26N2O3. The molecule has 4 saturated heterocycles. The van der Waals surface area contributed by atoms with Gasteiger partial charge in [-0.05, 0) is 25.3 Å². The van der Waals surface area contributed by atoms with Gasteiger partial charge in [-0.3, -0.25) is 4.90 Å². The van der Waals surface area contributed by atoms with Gasteiger partial charge in [0.25, 0.3) is 0 Å². The molecular weight excluding hydrogens is 340 g/mol. The minimum absolute atomic E-state index is 0.0282. The number of ether oxygens (including phenoxy) is 2. The van der Waals surface area contributed by atoms with Crippen LogP contribution < -0.4 is 4.74 Å². The van der Waals surface area contributed by atoms with E-state index in [4.69, 9.17) is 9.47 Å². The van der Waals surface area contributed by atoms with Crippen LogP contribution in [-0.4, -0.2) is 47.5 Å². The van der Waals surface area contributed by atoms with E-state index in [1.54, 1.807) is 7.11 Å². The van der Waals surface area contributed by atoms with E-state index in [0.29, 0.717) is 18.6 Å². The van der Waals surface area contributed by atoms with Crippen LogP contribution in [0.25, 0.3) is 10.9 Å². The van der Waals surface area contributed by atoms with Crippen LogP contribution >= 0.6 is 0 Å². The van der Waals surface area contributed by atoms with Gasteiger partial charge in [-0.25, -0.2) is 0 Å². The Balaban J connectivity index is 1.67. The predicted molar refractivity (Wildman–Crippen MR) is 103 cm³/mol. The Labute approximate surface area is 159 Å². The van der Waals surface area contributed by atoms with E-state index in [1.165, 1.54) is 22.2 Å². The van der Waals surface area contributed by atoms with Crippen molar-refractivity contribution in [2.45, 2.75) is 31.5 Å². The van der Waals surface area contributed by atoms with Gasteiger partial charge in [-0.1, -0.05) is 23.8 Å². The summed E-state index contributed by atoms with van der Waals surface area (Å²) in [6.45, 7) is 3.97. The van der Waals surface area contributed by atoms with Crippen molar-refractivity contribution in [3.63, 3.8) is 0 Å². The lowest BCUT2D eigenvalue weighted by Gasteiger charge is -2.61. The number of hydrogen-bond acceptors (Lipinski definition) is 4. The molecule has 6 atom stereocenters. The summed E-state index contributed by atoms with van der Waals surface area (Å²) in [5.41, 5.74) is 5.17. The van der Waals surface area contributed by atoms with Gasteiger partial charge in [-0.2, -0.15) is 0 Å². The minimum Gasteiger partial charge on any atom is -0.495 e. The van der Waals surface area contributed by atoms with Crippen LogP contribution in [0.2, 0.25) is 0 Å². The third kappa shape index (κ3) is 1.64. The topological polar surface area (TPSA) is 46.9 Å². The molecule has 1 aromatic carbocycles. The summed E-state index contributed by atoms with van der Waals surface area (Å²) >= 11 is 0. The molecule has 5 aliphatic heterocycles. The molecule has 0 amide bonds. The largest absolute Gasteiger partial charge is 0.495 e. The summed E-state index contributed by atoms with van der Waals surface area (Å²) in [4.78, 5) is 2.62. The summed E-state index contributed by atoms with van der Waals surface area (Å²) in [7, 11) is 3.91. The number of aromatic nitrogens is 1. The van der Waals surface area contributed by atoms with Gasteiger partial charge >= 0.3 is 0 Å². The number of piperidine rings is 3. The molecule has 4 fully saturated rings. The van der Waals surface area contributed by atoms with E-state index >= 15 is 0 Å². The maximum absolute atomic E-state index is 10.5. The minimum atomic E-state index is -0.167. The summed E-state index contributed by atoms with van der Waals surface area (Å²) in [6, 6.07) is 6.96. The van der Waals surface area contributed by atoms with E-state index in [0.717, 1.165) is 24.2 Å². The average molecular weight is 366 g/mol. The second kappa shape index (κ2) is 5.16. The Morgan fingerprint density at radius 3 is 3.00 bits per heavy atom. The molecule has 5 aliphatic rings. The Morgan fingerprint density at radius 1 is 1.41 bits per heavy atom. The number of aryl methyl sites for hydroxylation is 1. The van der Waals surface area contributed by atoms with Crippen LogP contribution in [0.15, 0.2) is 29.8 Å². The molecule has 1 aromatic heterocycles. The molecule has 5 heteroatoms. The number of rotatable bonds is 2. The zero-order chi connectivity index (χ0) is 18.5. The highest BCUT2D eigenvalue weighted by molar-refractivity contribution is 5.91. The van der Waals surface area contributed by atoms with Gasteiger partial charge in [0.1, 0.15) is 11.9 Å². The Bertz CT molecular complexity index is 993. The maximum Gasteiger partial charge on any atom is 0.143 e. The first-order valence-electron chi connectivity index (χ1n) is 9.94. The number of hydrogen-bond donors (Lipinski definition) is 1. The zero-order valence-corrected chi connectivity index (χ0v) is 16.1. The molecule has 1 unspecified atom stereocenters. The van der Waals surface area contributed by atoms with Gasteiger partial charge in [-0.15, -0.1) is 0 Å². The molecule has 7 rings (SSSR count). The van der Waals surface area contributed by atoms with Crippen LogP contribution in [0.4, 0.5) is 0 Å². The van der Waals surface area contributed by atoms with Crippen LogP contribution in [0.1, 0.15) is 36.7 Å². The predicted octanol–water partition coefficient (Wildman–Crippen LogP) is 2.94. The number of benzene rings is 1. The average Bonchev–Trinajstić information content (AvgIpc) is 3.27. The van der Waals surface area contributed by atoms with Crippen LogP contribution in [-0.2, 0) is 11.8 Å². The van der Waals surface area contributed by atoms with Gasteiger partial charge in [0.2, 0.25) is 0 Å². The number of fused-ring (bicyclic) bond motifs is 5. The fourth-order valence-corrected chi connectivity index (χ4v) is 6.81. The highest BCUT2D eigenvalue weighted by atomic mass is 16.5. The standard InChI is InChI=1S/C22H26N2O3/c1-4-12-9-24-15-8-14(12)22(10-25)11-27-20(21(22)24)17-13-6-5-7-16(26-3)18(13)23(2)19(15)17/h4-7,14-15,20-21,25H,8-11H2,1-3H3/b12-4-/t14-,15-,20+,21-,22-/m0/s1. The molecule has 0 saturated carbocycles. The van der Waals surface area contributed by atoms with Crippen LogP contribution in [0, 0.1) is 11.3 Å². The number of para-hydroxylation sites is 1.